The zero-order valence-electron chi connectivity index (χ0n) is 63.7. The fourth-order valence-electron chi connectivity index (χ4n) is 12.9. The maximum atomic E-state index is 12.7. The maximum Gasteiger partial charge on any atom is 0.148 e. The van der Waals surface area contributed by atoms with Gasteiger partial charge in [-0.2, -0.15) is 0 Å². The number of methoxy groups -OCH3 is 2. The molecule has 0 aliphatic rings. The number of imidazole rings is 2. The zero-order valence-corrected chi connectivity index (χ0v) is 68.3. The number of phenolic OH excluding ortho intramolecular Hbond substituents is 2. The molecular weight excluding hydrogens is 1600 g/mol. The number of aromatic nitrogens is 6. The molecule has 12 heteroatoms. The normalized spacial score (nSPS) is 12.8. The monoisotopic (exact) mass is 1700 g/mol. The zero-order chi connectivity index (χ0) is 71.7. The van der Waals surface area contributed by atoms with Crippen LogP contribution < -0.4 is 9.47 Å². The minimum Gasteiger partial charge on any atom is -0.512 e. The Kier molecular flexibility index (Phi) is 20.6. The molecule has 0 radical (unpaired) electrons. The molecule has 0 fully saturated rings. The standard InChI is InChI=1S/C88H102N6O4.2Pt/c1-81(2,3)55-39-56(82(4,5)6)42-61(41-55)93-73-31-27-29-65(75(73)91-79(93)67-45-59(85(13,14)15)47-69(77(67)95)87(19,20)21)51-33-53(37-63(35-51)97-25)71-49-72(90-50-89-71)54-34-52(36-64(38-54)98-26)66-30-28-32-74-76(66)92-80(68-46-60(86(16,17)18)48-70(78(68)96)88(22,23)24)94(74)62-43-57(83(7,8)9)40-58(44-62)84(10,11)12;;/h27-32,35-50,95-96H,1-26H3;;/q-2;;. The molecule has 100 heavy (non-hydrogen) atoms. The fourth-order valence-corrected chi connectivity index (χ4v) is 12.9. The quantitative estimate of drug-likeness (QED) is 0.130. The van der Waals surface area contributed by atoms with E-state index < -0.39 is 0 Å². The summed E-state index contributed by atoms with van der Waals surface area (Å²) in [6.07, 6.45) is 1.58. The maximum absolute atomic E-state index is 12.7. The third kappa shape index (κ3) is 15.1. The van der Waals surface area contributed by atoms with E-state index in [0.717, 1.165) is 77.9 Å². The van der Waals surface area contributed by atoms with Crippen molar-refractivity contribution in [2.45, 2.75) is 209 Å². The van der Waals surface area contributed by atoms with E-state index in [1.54, 1.807) is 20.5 Å². The molecule has 0 unspecified atom stereocenters. The number of fused-ring (bicyclic) bond motifs is 2. The van der Waals surface area contributed by atoms with Gasteiger partial charge in [0.1, 0.15) is 23.1 Å². The minimum atomic E-state index is -0.377. The first kappa shape index (κ1) is 76.5. The molecule has 8 aromatic carbocycles. The molecule has 3 heterocycles. The predicted molar refractivity (Wildman–Crippen MR) is 408 cm³/mol. The van der Waals surface area contributed by atoms with Gasteiger partial charge in [0, 0.05) is 76.0 Å². The van der Waals surface area contributed by atoms with Crippen molar-refractivity contribution < 1.29 is 61.8 Å². The van der Waals surface area contributed by atoms with E-state index in [1.807, 2.05) is 30.3 Å². The van der Waals surface area contributed by atoms with Gasteiger partial charge in [0.15, 0.2) is 0 Å². The molecule has 0 spiro atoms. The van der Waals surface area contributed by atoms with Crippen molar-refractivity contribution in [2.75, 3.05) is 14.2 Å². The molecule has 0 aliphatic heterocycles. The van der Waals surface area contributed by atoms with Crippen molar-refractivity contribution in [3.05, 3.63) is 190 Å². The van der Waals surface area contributed by atoms with Crippen LogP contribution in [-0.2, 0) is 85.5 Å². The van der Waals surface area contributed by atoms with E-state index in [0.29, 0.717) is 56.8 Å². The number of para-hydroxylation sites is 2. The molecule has 0 atom stereocenters. The van der Waals surface area contributed by atoms with E-state index >= 15 is 0 Å². The second kappa shape index (κ2) is 27.0. The number of benzene rings is 8. The van der Waals surface area contributed by atoms with Crippen molar-refractivity contribution in [1.82, 2.24) is 29.1 Å². The van der Waals surface area contributed by atoms with Crippen molar-refractivity contribution in [3.63, 3.8) is 0 Å². The Bertz CT molecular complexity index is 4560. The minimum absolute atomic E-state index is 0. The van der Waals surface area contributed by atoms with Crippen molar-refractivity contribution in [3.8, 4) is 102 Å². The summed E-state index contributed by atoms with van der Waals surface area (Å²) in [5.74, 6) is 2.91. The van der Waals surface area contributed by atoms with Gasteiger partial charge in [-0.3, -0.25) is 19.1 Å². The van der Waals surface area contributed by atoms with Crippen LogP contribution in [0.25, 0.3) is 101 Å². The molecular formula is C88H102N6O4Pt2-2. The number of phenols is 2. The molecule has 0 saturated heterocycles. The van der Waals surface area contributed by atoms with Gasteiger partial charge in [-0.1, -0.05) is 267 Å². The van der Waals surface area contributed by atoms with Crippen LogP contribution >= 0.6 is 0 Å². The molecule has 0 amide bonds. The third-order valence-corrected chi connectivity index (χ3v) is 19.2. The third-order valence-electron chi connectivity index (χ3n) is 19.2. The Morgan fingerprint density at radius 1 is 0.340 bits per heavy atom. The smallest absolute Gasteiger partial charge is 0.148 e. The van der Waals surface area contributed by atoms with Crippen LogP contribution in [0.4, 0.5) is 0 Å². The fraction of sp³-hybridized carbons (Fsp3) is 0.386. The largest absolute Gasteiger partial charge is 0.512 e. The number of hydrogen-bond donors (Lipinski definition) is 2. The number of ether oxygens (including phenoxy) is 2. The van der Waals surface area contributed by atoms with Gasteiger partial charge in [-0.25, -0.2) is 9.97 Å². The number of aromatic hydroxyl groups is 2. The van der Waals surface area contributed by atoms with E-state index in [2.05, 4.69) is 284 Å². The van der Waals surface area contributed by atoms with Crippen molar-refractivity contribution in [1.29, 1.82) is 0 Å². The van der Waals surface area contributed by atoms with E-state index in [-0.39, 0.29) is 96.9 Å². The van der Waals surface area contributed by atoms with Gasteiger partial charge in [0.05, 0.1) is 65.2 Å². The summed E-state index contributed by atoms with van der Waals surface area (Å²) >= 11 is 0. The van der Waals surface area contributed by atoms with Gasteiger partial charge in [-0.05, 0) is 125 Å². The SMILES string of the molecule is COc1cc(-c2cc(-c3[c-]c(-c4cccc5c4nc(-c4cc(C(C)(C)C)cc(C(C)(C)C)c4O)n5-c4cc(C(C)(C)C)cc(C(C)(C)C)c4)cc(OC)c3)ncn2)[c-]c(-c2cccc3c2nc(-c2cc(C(C)(C)C)cc(C(C)(C)C)c2O)n3-c2cc(C(C)(C)C)cc(C(C)(C)C)c2)c1.[Pt].[Pt]. The van der Waals surface area contributed by atoms with Gasteiger partial charge >= 0.3 is 0 Å². The molecule has 0 aliphatic carbocycles. The predicted octanol–water partition coefficient (Wildman–Crippen LogP) is 22.6. The summed E-state index contributed by atoms with van der Waals surface area (Å²) < 4.78 is 16.8. The van der Waals surface area contributed by atoms with Crippen molar-refractivity contribution >= 4 is 22.1 Å². The first-order valence-electron chi connectivity index (χ1n) is 34.5. The second-order valence-corrected chi connectivity index (χ2v) is 35.2. The van der Waals surface area contributed by atoms with Crippen LogP contribution in [0.5, 0.6) is 23.0 Å². The van der Waals surface area contributed by atoms with E-state index in [9.17, 15) is 10.2 Å². The Hall–Kier alpha value is -7.64. The van der Waals surface area contributed by atoms with Gasteiger partial charge in [0.25, 0.3) is 0 Å². The van der Waals surface area contributed by atoms with Crippen LogP contribution in [0.15, 0.2) is 134 Å². The molecule has 11 rings (SSSR count). The van der Waals surface area contributed by atoms with Crippen LogP contribution in [0.3, 0.4) is 0 Å². The van der Waals surface area contributed by atoms with E-state index in [4.69, 9.17) is 29.4 Å². The molecule has 0 saturated carbocycles. The second-order valence-electron chi connectivity index (χ2n) is 35.2. The summed E-state index contributed by atoms with van der Waals surface area (Å²) in [7, 11) is 3.35. The van der Waals surface area contributed by atoms with Gasteiger partial charge in [0.2, 0.25) is 0 Å². The molecule has 10 nitrogen and oxygen atoms in total. The Labute approximate surface area is 624 Å². The molecule has 3 aromatic heterocycles. The Morgan fingerprint density at radius 2 is 0.640 bits per heavy atom. The molecule has 530 valence electrons. The first-order valence-corrected chi connectivity index (χ1v) is 34.5. The summed E-state index contributed by atoms with van der Waals surface area (Å²) in [4.78, 5) is 21.2. The van der Waals surface area contributed by atoms with Gasteiger partial charge < -0.3 is 19.7 Å². The average Bonchev–Trinajstić information content (AvgIpc) is 1.41. The summed E-state index contributed by atoms with van der Waals surface area (Å²) in [5.41, 5.74) is 19.0. The van der Waals surface area contributed by atoms with Crippen LogP contribution in [0.2, 0.25) is 0 Å². The topological polar surface area (TPSA) is 120 Å². The summed E-state index contributed by atoms with van der Waals surface area (Å²) in [6, 6.07) is 52.4. The number of hydrogen-bond acceptors (Lipinski definition) is 8. The average molecular weight is 1700 g/mol. The van der Waals surface area contributed by atoms with Crippen molar-refractivity contribution in [2.24, 2.45) is 0 Å². The van der Waals surface area contributed by atoms with Gasteiger partial charge in [-0.15, -0.1) is 23.3 Å². The molecule has 11 aromatic rings. The Balaban J connectivity index is 0.00000583. The van der Waals surface area contributed by atoms with Crippen LogP contribution in [0, 0.1) is 12.1 Å². The molecule has 0 bridgehead atoms. The summed E-state index contributed by atoms with van der Waals surface area (Å²) in [5, 5.41) is 25.4. The summed E-state index contributed by atoms with van der Waals surface area (Å²) in [6.45, 7) is 53.3. The first-order chi connectivity index (χ1) is 45.3. The number of rotatable bonds is 10. The van der Waals surface area contributed by atoms with E-state index in [1.165, 1.54) is 22.3 Å². The number of nitrogens with zero attached hydrogens (tertiary/aromatic N) is 6. The Morgan fingerprint density at radius 3 is 0.930 bits per heavy atom. The van der Waals surface area contributed by atoms with Crippen LogP contribution in [0.1, 0.15) is 211 Å². The molecule has 2 N–H and O–H groups in total. The van der Waals surface area contributed by atoms with Crippen LogP contribution in [-0.4, -0.2) is 53.5 Å².